The van der Waals surface area contributed by atoms with E-state index < -0.39 is 0 Å². The minimum atomic E-state index is -0.254. The Hall–Kier alpha value is -1.72. The van der Waals surface area contributed by atoms with Gasteiger partial charge in [0.15, 0.2) is 0 Å². The van der Waals surface area contributed by atoms with Gasteiger partial charge in [0.25, 0.3) is 0 Å². The normalized spacial score (nSPS) is 12.6. The Balaban J connectivity index is 1.97. The van der Waals surface area contributed by atoms with E-state index in [2.05, 4.69) is 10.4 Å². The van der Waals surface area contributed by atoms with E-state index in [1.165, 1.54) is 12.1 Å². The molecule has 0 bridgehead atoms. The van der Waals surface area contributed by atoms with Crippen LogP contribution in [0.2, 0.25) is 0 Å². The van der Waals surface area contributed by atoms with Crippen molar-refractivity contribution in [3.8, 4) is 5.69 Å². The third kappa shape index (κ3) is 3.87. The van der Waals surface area contributed by atoms with Crippen LogP contribution in [0.25, 0.3) is 5.69 Å². The van der Waals surface area contributed by atoms with Crippen molar-refractivity contribution in [3.63, 3.8) is 0 Å². The highest BCUT2D eigenvalue weighted by atomic mass is 19.1. The molecule has 2 N–H and O–H groups in total. The van der Waals surface area contributed by atoms with Gasteiger partial charge in [-0.25, -0.2) is 9.07 Å². The second-order valence-electron chi connectivity index (χ2n) is 4.56. The Labute approximate surface area is 111 Å². The number of nitrogens with one attached hydrogen (secondary N) is 1. The highest BCUT2D eigenvalue weighted by molar-refractivity contribution is 5.31. The van der Waals surface area contributed by atoms with E-state index in [1.807, 2.05) is 13.1 Å². The van der Waals surface area contributed by atoms with E-state index in [-0.39, 0.29) is 18.5 Å². The largest absolute Gasteiger partial charge is 0.396 e. The van der Waals surface area contributed by atoms with Crippen molar-refractivity contribution in [2.24, 2.45) is 0 Å². The summed E-state index contributed by atoms with van der Waals surface area (Å²) in [7, 11) is 0. The zero-order valence-corrected chi connectivity index (χ0v) is 10.9. The summed E-state index contributed by atoms with van der Waals surface area (Å²) in [5.74, 6) is -0.254. The molecule has 19 heavy (non-hydrogen) atoms. The van der Waals surface area contributed by atoms with Crippen LogP contribution in [0.3, 0.4) is 0 Å². The van der Waals surface area contributed by atoms with Gasteiger partial charge in [0, 0.05) is 31.0 Å². The molecule has 0 aliphatic carbocycles. The number of halogens is 1. The Morgan fingerprint density at radius 3 is 2.79 bits per heavy atom. The number of hydrogen-bond acceptors (Lipinski definition) is 3. The Morgan fingerprint density at radius 2 is 2.11 bits per heavy atom. The van der Waals surface area contributed by atoms with Crippen LogP contribution in [-0.4, -0.2) is 27.5 Å². The molecule has 0 saturated carbocycles. The summed E-state index contributed by atoms with van der Waals surface area (Å²) in [5, 5.41) is 16.4. The average Bonchev–Trinajstić information content (AvgIpc) is 2.86. The summed E-state index contributed by atoms with van der Waals surface area (Å²) < 4.78 is 14.5. The maximum absolute atomic E-state index is 12.8. The molecule has 0 amide bonds. The highest BCUT2D eigenvalue weighted by Crippen LogP contribution is 2.09. The van der Waals surface area contributed by atoms with Crippen molar-refractivity contribution in [1.29, 1.82) is 0 Å². The summed E-state index contributed by atoms with van der Waals surface area (Å²) in [6.07, 6.45) is 4.42. The van der Waals surface area contributed by atoms with E-state index in [9.17, 15) is 4.39 Å². The fourth-order valence-corrected chi connectivity index (χ4v) is 1.77. The van der Waals surface area contributed by atoms with Crippen LogP contribution < -0.4 is 5.32 Å². The van der Waals surface area contributed by atoms with Gasteiger partial charge in [-0.3, -0.25) is 0 Å². The van der Waals surface area contributed by atoms with E-state index in [4.69, 9.17) is 5.11 Å². The number of hydrogen-bond donors (Lipinski definition) is 2. The van der Waals surface area contributed by atoms with Gasteiger partial charge in [-0.15, -0.1) is 0 Å². The number of benzene rings is 1. The first kappa shape index (κ1) is 13.7. The van der Waals surface area contributed by atoms with Crippen molar-refractivity contribution in [2.45, 2.75) is 25.9 Å². The molecule has 1 unspecified atom stereocenters. The molecule has 0 aliphatic rings. The van der Waals surface area contributed by atoms with Crippen molar-refractivity contribution in [3.05, 3.63) is 48.0 Å². The monoisotopic (exact) mass is 263 g/mol. The summed E-state index contributed by atoms with van der Waals surface area (Å²) in [4.78, 5) is 0. The van der Waals surface area contributed by atoms with Gasteiger partial charge in [0.1, 0.15) is 5.82 Å². The van der Waals surface area contributed by atoms with Gasteiger partial charge < -0.3 is 10.4 Å². The standard InChI is InChI=1S/C14H18FN3O/c1-11(6-7-19)16-8-12-9-17-18(10-12)14-4-2-13(15)3-5-14/h2-5,9-11,16,19H,6-8H2,1H3. The molecule has 0 fully saturated rings. The van der Waals surface area contributed by atoms with Gasteiger partial charge in [0.05, 0.1) is 11.9 Å². The van der Waals surface area contributed by atoms with Gasteiger partial charge in [-0.05, 0) is 37.6 Å². The lowest BCUT2D eigenvalue weighted by Gasteiger charge is -2.10. The maximum Gasteiger partial charge on any atom is 0.123 e. The minimum Gasteiger partial charge on any atom is -0.396 e. The molecule has 1 heterocycles. The van der Waals surface area contributed by atoms with Crippen molar-refractivity contribution < 1.29 is 9.50 Å². The molecule has 0 spiro atoms. The van der Waals surface area contributed by atoms with Crippen LogP contribution in [-0.2, 0) is 6.54 Å². The lowest BCUT2D eigenvalue weighted by Crippen LogP contribution is -2.26. The fourth-order valence-electron chi connectivity index (χ4n) is 1.77. The lowest BCUT2D eigenvalue weighted by atomic mass is 10.2. The van der Waals surface area contributed by atoms with Gasteiger partial charge >= 0.3 is 0 Å². The maximum atomic E-state index is 12.8. The Morgan fingerprint density at radius 1 is 1.37 bits per heavy atom. The molecule has 0 aliphatic heterocycles. The molecule has 2 aromatic rings. The molecule has 0 radical (unpaired) electrons. The van der Waals surface area contributed by atoms with E-state index >= 15 is 0 Å². The predicted octanol–water partition coefficient (Wildman–Crippen LogP) is 1.87. The number of rotatable bonds is 6. The molecular formula is C14H18FN3O. The number of nitrogens with zero attached hydrogens (tertiary/aromatic N) is 2. The van der Waals surface area contributed by atoms with E-state index in [0.717, 1.165) is 17.7 Å². The topological polar surface area (TPSA) is 50.1 Å². The first-order chi connectivity index (χ1) is 9.19. The molecule has 102 valence electrons. The van der Waals surface area contributed by atoms with Crippen molar-refractivity contribution >= 4 is 0 Å². The van der Waals surface area contributed by atoms with Gasteiger partial charge in [0.2, 0.25) is 0 Å². The summed E-state index contributed by atoms with van der Waals surface area (Å²) in [5.41, 5.74) is 1.88. The third-order valence-electron chi connectivity index (χ3n) is 2.94. The van der Waals surface area contributed by atoms with Gasteiger partial charge in [-0.2, -0.15) is 5.10 Å². The van der Waals surface area contributed by atoms with Crippen LogP contribution in [0.4, 0.5) is 4.39 Å². The highest BCUT2D eigenvalue weighted by Gasteiger charge is 2.04. The summed E-state index contributed by atoms with van der Waals surface area (Å²) >= 11 is 0. The molecule has 5 heteroatoms. The number of aliphatic hydroxyl groups is 1. The van der Waals surface area contributed by atoms with Crippen LogP contribution in [0.5, 0.6) is 0 Å². The number of aliphatic hydroxyl groups excluding tert-OH is 1. The van der Waals surface area contributed by atoms with Crippen LogP contribution in [0.15, 0.2) is 36.7 Å². The molecule has 2 rings (SSSR count). The second kappa shape index (κ2) is 6.45. The van der Waals surface area contributed by atoms with Crippen molar-refractivity contribution in [1.82, 2.24) is 15.1 Å². The lowest BCUT2D eigenvalue weighted by molar-refractivity contribution is 0.268. The predicted molar refractivity (Wildman–Crippen MR) is 71.5 cm³/mol. The fraction of sp³-hybridized carbons (Fsp3) is 0.357. The zero-order chi connectivity index (χ0) is 13.7. The SMILES string of the molecule is CC(CCO)NCc1cnn(-c2ccc(F)cc2)c1. The van der Waals surface area contributed by atoms with E-state index in [0.29, 0.717) is 6.54 Å². The molecule has 0 saturated heterocycles. The van der Waals surface area contributed by atoms with Gasteiger partial charge in [-0.1, -0.05) is 0 Å². The molecule has 1 aromatic carbocycles. The molecule has 1 aromatic heterocycles. The second-order valence-corrected chi connectivity index (χ2v) is 4.56. The molecule has 4 nitrogen and oxygen atoms in total. The summed E-state index contributed by atoms with van der Waals surface area (Å²) in [6.45, 7) is 2.91. The Kier molecular flexibility index (Phi) is 4.65. The van der Waals surface area contributed by atoms with Crippen molar-refractivity contribution in [2.75, 3.05) is 6.61 Å². The van der Waals surface area contributed by atoms with E-state index in [1.54, 1.807) is 23.0 Å². The Bertz CT molecular complexity index is 510. The zero-order valence-electron chi connectivity index (χ0n) is 10.9. The third-order valence-corrected chi connectivity index (χ3v) is 2.94. The van der Waals surface area contributed by atoms with Crippen LogP contribution in [0, 0.1) is 5.82 Å². The molecular weight excluding hydrogens is 245 g/mol. The quantitative estimate of drug-likeness (QED) is 0.836. The molecule has 1 atom stereocenters. The van der Waals surface area contributed by atoms with Crippen LogP contribution >= 0.6 is 0 Å². The summed E-state index contributed by atoms with van der Waals surface area (Å²) in [6, 6.07) is 6.47. The number of aromatic nitrogens is 2. The first-order valence-corrected chi connectivity index (χ1v) is 6.33. The van der Waals surface area contributed by atoms with Crippen LogP contribution in [0.1, 0.15) is 18.9 Å². The average molecular weight is 263 g/mol. The first-order valence-electron chi connectivity index (χ1n) is 6.33. The minimum absolute atomic E-state index is 0.184. The smallest absolute Gasteiger partial charge is 0.123 e.